The number of benzene rings is 1. The second-order valence-corrected chi connectivity index (χ2v) is 8.47. The van der Waals surface area contributed by atoms with Crippen LogP contribution >= 0.6 is 0 Å². The molecule has 0 amide bonds. The Hall–Kier alpha value is -4.29. The van der Waals surface area contributed by atoms with E-state index in [0.29, 0.717) is 28.5 Å². The van der Waals surface area contributed by atoms with Gasteiger partial charge in [-0.15, -0.1) is 0 Å². The van der Waals surface area contributed by atoms with Gasteiger partial charge in [-0.25, -0.2) is 9.78 Å². The third-order valence-electron chi connectivity index (χ3n) is 6.16. The highest BCUT2D eigenvalue weighted by molar-refractivity contribution is 5.80. The van der Waals surface area contributed by atoms with Gasteiger partial charge in [0.1, 0.15) is 6.54 Å². The molecular weight excluding hydrogens is 470 g/mol. The van der Waals surface area contributed by atoms with Crippen molar-refractivity contribution in [3.63, 3.8) is 0 Å². The molecule has 6 rings (SSSR count). The molecule has 9 nitrogen and oxygen atoms in total. The van der Waals surface area contributed by atoms with Crippen LogP contribution in [0.5, 0.6) is 0 Å². The Labute approximate surface area is 192 Å². The normalized spacial score (nSPS) is 17.9. The topological polar surface area (TPSA) is 114 Å². The molecule has 0 saturated heterocycles. The molecule has 4 aromatic heterocycles. The Balaban J connectivity index is 1.38. The van der Waals surface area contributed by atoms with Crippen molar-refractivity contribution >= 4 is 16.6 Å². The number of imidazole rings is 1. The molecule has 1 aliphatic rings. The van der Waals surface area contributed by atoms with Crippen LogP contribution in [0.4, 0.5) is 17.6 Å². The maximum absolute atomic E-state index is 14.4. The molecule has 1 aliphatic carbocycles. The fourth-order valence-electron chi connectivity index (χ4n) is 4.51. The molecule has 0 radical (unpaired) electrons. The Morgan fingerprint density at radius 3 is 2.71 bits per heavy atom. The lowest BCUT2D eigenvalue weighted by Gasteiger charge is -2.09. The summed E-state index contributed by atoms with van der Waals surface area (Å²) in [5.41, 5.74) is 1.14. The summed E-state index contributed by atoms with van der Waals surface area (Å²) in [6.07, 6.45) is -0.0401. The van der Waals surface area contributed by atoms with E-state index in [1.165, 1.54) is 12.4 Å². The standard InChI is InChI=1S/C22H15F4N7O2/c23-18-8-27-19-14(5-16(31-33(18)19)15-7-28-21(35)30-20(15)34)13-4-12(13)10-1-2-17-11(3-10)6-29-32(17)9-22(24,25)26/h1-3,5-8,12-13H,4,9H2,(H2,28,30,34,35)/t12-,13+/m1/s1. The van der Waals surface area contributed by atoms with Gasteiger partial charge < -0.3 is 4.98 Å². The first-order valence-corrected chi connectivity index (χ1v) is 10.6. The van der Waals surface area contributed by atoms with Crippen LogP contribution < -0.4 is 11.2 Å². The zero-order valence-electron chi connectivity index (χ0n) is 17.7. The van der Waals surface area contributed by atoms with Crippen LogP contribution in [0.15, 0.2) is 52.4 Å². The van der Waals surface area contributed by atoms with Gasteiger partial charge in [-0.2, -0.15) is 32.3 Å². The van der Waals surface area contributed by atoms with E-state index in [9.17, 15) is 27.2 Å². The summed E-state index contributed by atoms with van der Waals surface area (Å²) in [7, 11) is 0. The van der Waals surface area contributed by atoms with E-state index in [-0.39, 0.29) is 23.1 Å². The van der Waals surface area contributed by atoms with E-state index in [1.807, 2.05) is 0 Å². The molecule has 0 unspecified atom stereocenters. The number of rotatable bonds is 4. The molecule has 0 bridgehead atoms. The molecule has 0 aliphatic heterocycles. The first-order chi connectivity index (χ1) is 16.7. The molecule has 2 N–H and O–H groups in total. The molecule has 35 heavy (non-hydrogen) atoms. The molecule has 1 fully saturated rings. The van der Waals surface area contributed by atoms with Crippen molar-refractivity contribution in [2.75, 3.05) is 0 Å². The number of H-pyrrole nitrogens is 2. The van der Waals surface area contributed by atoms with Crippen LogP contribution in [0.1, 0.15) is 29.4 Å². The molecule has 4 heterocycles. The Morgan fingerprint density at radius 2 is 1.94 bits per heavy atom. The second kappa shape index (κ2) is 7.35. The van der Waals surface area contributed by atoms with Gasteiger partial charge in [0.15, 0.2) is 5.65 Å². The molecule has 2 atom stereocenters. The first-order valence-electron chi connectivity index (χ1n) is 10.6. The minimum atomic E-state index is -4.38. The van der Waals surface area contributed by atoms with Crippen molar-refractivity contribution in [2.24, 2.45) is 0 Å². The quantitative estimate of drug-likeness (QED) is 0.380. The van der Waals surface area contributed by atoms with Gasteiger partial charge >= 0.3 is 11.9 Å². The highest BCUT2D eigenvalue weighted by atomic mass is 19.4. The predicted molar refractivity (Wildman–Crippen MR) is 116 cm³/mol. The van der Waals surface area contributed by atoms with Gasteiger partial charge in [0.2, 0.25) is 5.95 Å². The van der Waals surface area contributed by atoms with E-state index in [0.717, 1.165) is 21.0 Å². The lowest BCUT2D eigenvalue weighted by Crippen LogP contribution is -2.23. The predicted octanol–water partition coefficient (Wildman–Crippen LogP) is 3.10. The molecule has 0 spiro atoms. The SMILES string of the molecule is O=c1[nH]cc(-c2cc([C@H]3C[C@@H]3c3ccc4c(cnn4CC(F)(F)F)c3)c3ncc(F)n3n2)c(=O)[nH]1. The highest BCUT2D eigenvalue weighted by Gasteiger charge is 2.42. The van der Waals surface area contributed by atoms with E-state index in [1.54, 1.807) is 24.3 Å². The van der Waals surface area contributed by atoms with Gasteiger partial charge in [-0.05, 0) is 42.0 Å². The summed E-state index contributed by atoms with van der Waals surface area (Å²) in [6, 6.07) is 6.83. The average Bonchev–Trinajstić information content (AvgIpc) is 3.38. The number of aromatic amines is 2. The summed E-state index contributed by atoms with van der Waals surface area (Å²) in [5, 5.41) is 8.62. The smallest absolute Gasteiger partial charge is 0.313 e. The second-order valence-electron chi connectivity index (χ2n) is 8.47. The fraction of sp³-hybridized carbons (Fsp3) is 0.227. The summed E-state index contributed by atoms with van der Waals surface area (Å²) in [4.78, 5) is 32.3. The number of fused-ring (bicyclic) bond motifs is 2. The maximum atomic E-state index is 14.4. The van der Waals surface area contributed by atoms with Crippen LogP contribution in [-0.2, 0) is 6.54 Å². The average molecular weight is 485 g/mol. The number of nitrogens with zero attached hydrogens (tertiary/aromatic N) is 5. The summed E-state index contributed by atoms with van der Waals surface area (Å²) in [6.45, 7) is -1.17. The van der Waals surface area contributed by atoms with E-state index < -0.39 is 29.9 Å². The van der Waals surface area contributed by atoms with Crippen molar-refractivity contribution in [3.8, 4) is 11.3 Å². The lowest BCUT2D eigenvalue weighted by molar-refractivity contribution is -0.141. The van der Waals surface area contributed by atoms with Crippen LogP contribution in [0.2, 0.25) is 0 Å². The molecule has 178 valence electrons. The van der Waals surface area contributed by atoms with Gasteiger partial charge in [0, 0.05) is 17.1 Å². The number of hydrogen-bond acceptors (Lipinski definition) is 5. The Bertz CT molecular complexity index is 1730. The maximum Gasteiger partial charge on any atom is 0.408 e. The minimum Gasteiger partial charge on any atom is -0.313 e. The van der Waals surface area contributed by atoms with Gasteiger partial charge in [-0.1, -0.05) is 6.07 Å². The zero-order valence-corrected chi connectivity index (χ0v) is 17.7. The van der Waals surface area contributed by atoms with Crippen molar-refractivity contribution in [2.45, 2.75) is 31.0 Å². The summed E-state index contributed by atoms with van der Waals surface area (Å²) >= 11 is 0. The van der Waals surface area contributed by atoms with Gasteiger partial charge in [0.05, 0.1) is 29.2 Å². The van der Waals surface area contributed by atoms with E-state index in [2.05, 4.69) is 25.1 Å². The first kappa shape index (κ1) is 21.3. The Morgan fingerprint density at radius 1 is 1.11 bits per heavy atom. The molecular formula is C22H15F4N7O2. The zero-order chi connectivity index (χ0) is 24.5. The van der Waals surface area contributed by atoms with Crippen LogP contribution in [0, 0.1) is 5.95 Å². The highest BCUT2D eigenvalue weighted by Crippen LogP contribution is 2.56. The van der Waals surface area contributed by atoms with Crippen molar-refractivity contribution in [3.05, 3.63) is 80.8 Å². The molecule has 13 heteroatoms. The minimum absolute atomic E-state index is 0.0121. The van der Waals surface area contributed by atoms with Crippen molar-refractivity contribution in [1.82, 2.24) is 34.3 Å². The van der Waals surface area contributed by atoms with Crippen LogP contribution in [0.3, 0.4) is 0 Å². The number of nitrogens with one attached hydrogen (secondary N) is 2. The molecule has 1 aromatic carbocycles. The van der Waals surface area contributed by atoms with Crippen molar-refractivity contribution in [1.29, 1.82) is 0 Å². The number of aromatic nitrogens is 7. The third kappa shape index (κ3) is 3.68. The fourth-order valence-corrected chi connectivity index (χ4v) is 4.51. The van der Waals surface area contributed by atoms with E-state index in [4.69, 9.17) is 0 Å². The largest absolute Gasteiger partial charge is 0.408 e. The van der Waals surface area contributed by atoms with Crippen LogP contribution in [-0.4, -0.2) is 40.5 Å². The summed E-state index contributed by atoms with van der Waals surface area (Å²) < 4.78 is 54.7. The summed E-state index contributed by atoms with van der Waals surface area (Å²) in [5.74, 6) is -0.775. The van der Waals surface area contributed by atoms with E-state index >= 15 is 0 Å². The van der Waals surface area contributed by atoms with Crippen molar-refractivity contribution < 1.29 is 17.6 Å². The molecule has 1 saturated carbocycles. The number of alkyl halides is 3. The number of halogens is 4. The third-order valence-corrected chi connectivity index (χ3v) is 6.16. The Kier molecular flexibility index (Phi) is 4.47. The van der Waals surface area contributed by atoms with Crippen LogP contribution in [0.25, 0.3) is 27.8 Å². The van der Waals surface area contributed by atoms with Gasteiger partial charge in [-0.3, -0.25) is 14.5 Å². The molecule has 5 aromatic rings. The van der Waals surface area contributed by atoms with Gasteiger partial charge in [0.25, 0.3) is 5.56 Å². The monoisotopic (exact) mass is 485 g/mol. The lowest BCUT2D eigenvalue weighted by atomic mass is 10.0. The number of hydrogen-bond donors (Lipinski definition) is 2.